The van der Waals surface area contributed by atoms with Crippen molar-refractivity contribution < 1.29 is 14.1 Å². The number of benzene rings is 1. The number of aromatic nitrogens is 1. The van der Waals surface area contributed by atoms with E-state index in [2.05, 4.69) is 10.5 Å². The third kappa shape index (κ3) is 5.04. The number of ether oxygens (including phenoxy) is 1. The van der Waals surface area contributed by atoms with Crippen LogP contribution >= 0.6 is 0 Å². The topological polar surface area (TPSA) is 64.4 Å². The van der Waals surface area contributed by atoms with Gasteiger partial charge in [-0.15, -0.1) is 0 Å². The fraction of sp³-hybridized carbons (Fsp3) is 0.375. The second-order valence-electron chi connectivity index (χ2n) is 4.63. The zero-order valence-corrected chi connectivity index (χ0v) is 12.2. The summed E-state index contributed by atoms with van der Waals surface area (Å²) in [5.74, 6) is 0.620. The highest BCUT2D eigenvalue weighted by molar-refractivity contribution is 5.78. The van der Waals surface area contributed by atoms with Gasteiger partial charge in [0.2, 0.25) is 5.91 Å². The Morgan fingerprint density at radius 3 is 2.90 bits per heavy atom. The van der Waals surface area contributed by atoms with Crippen LogP contribution in [-0.4, -0.2) is 30.8 Å². The van der Waals surface area contributed by atoms with E-state index in [9.17, 15) is 4.79 Å². The lowest BCUT2D eigenvalue weighted by Gasteiger charge is -2.03. The van der Waals surface area contributed by atoms with Crippen molar-refractivity contribution in [2.75, 3.05) is 19.8 Å². The Morgan fingerprint density at radius 2 is 2.14 bits per heavy atom. The number of carbonyl (C=O) groups is 1. The minimum absolute atomic E-state index is 0.0561. The van der Waals surface area contributed by atoms with E-state index in [1.807, 2.05) is 37.3 Å². The first kappa shape index (κ1) is 15.3. The van der Waals surface area contributed by atoms with Gasteiger partial charge in [0.1, 0.15) is 0 Å². The molecule has 0 unspecified atom stereocenters. The first-order chi connectivity index (χ1) is 10.3. The van der Waals surface area contributed by atoms with Crippen LogP contribution in [0.4, 0.5) is 0 Å². The number of hydrogen-bond acceptors (Lipinski definition) is 4. The molecule has 0 saturated carbocycles. The quantitative estimate of drug-likeness (QED) is 0.758. The first-order valence-electron chi connectivity index (χ1n) is 7.15. The molecule has 1 aromatic heterocycles. The van der Waals surface area contributed by atoms with Crippen LogP contribution in [0.5, 0.6) is 0 Å². The largest absolute Gasteiger partial charge is 0.382 e. The molecule has 0 spiro atoms. The van der Waals surface area contributed by atoms with Crippen molar-refractivity contribution in [3.05, 3.63) is 42.1 Å². The molecule has 2 aromatic rings. The molecule has 0 aliphatic carbocycles. The third-order valence-corrected chi connectivity index (χ3v) is 2.95. The van der Waals surface area contributed by atoms with Gasteiger partial charge in [0, 0.05) is 31.4 Å². The summed E-state index contributed by atoms with van der Waals surface area (Å²) in [6, 6.07) is 11.5. The van der Waals surface area contributed by atoms with Gasteiger partial charge in [-0.05, 0) is 13.3 Å². The average molecular weight is 288 g/mol. The molecule has 1 aromatic carbocycles. The molecule has 1 amide bonds. The molecule has 0 atom stereocenters. The summed E-state index contributed by atoms with van der Waals surface area (Å²) in [6.07, 6.45) is 1.04. The van der Waals surface area contributed by atoms with Crippen molar-refractivity contribution in [1.82, 2.24) is 10.5 Å². The van der Waals surface area contributed by atoms with E-state index in [0.29, 0.717) is 31.2 Å². The van der Waals surface area contributed by atoms with Crippen LogP contribution in [0.1, 0.15) is 19.0 Å². The van der Waals surface area contributed by atoms with E-state index >= 15 is 0 Å². The first-order valence-corrected chi connectivity index (χ1v) is 7.15. The van der Waals surface area contributed by atoms with E-state index < -0.39 is 0 Å². The Kier molecular flexibility index (Phi) is 5.97. The number of hydrogen-bond donors (Lipinski definition) is 1. The molecule has 0 fully saturated rings. The number of nitrogens with zero attached hydrogens (tertiary/aromatic N) is 1. The molecule has 5 heteroatoms. The second-order valence-corrected chi connectivity index (χ2v) is 4.63. The van der Waals surface area contributed by atoms with Crippen molar-refractivity contribution in [1.29, 1.82) is 0 Å². The van der Waals surface area contributed by atoms with Crippen LogP contribution in [0.3, 0.4) is 0 Å². The van der Waals surface area contributed by atoms with Gasteiger partial charge in [0.05, 0.1) is 12.1 Å². The highest BCUT2D eigenvalue weighted by Crippen LogP contribution is 2.19. The summed E-state index contributed by atoms with van der Waals surface area (Å²) in [5.41, 5.74) is 1.59. The summed E-state index contributed by atoms with van der Waals surface area (Å²) >= 11 is 0. The summed E-state index contributed by atoms with van der Waals surface area (Å²) in [5, 5.41) is 6.77. The van der Waals surface area contributed by atoms with E-state index in [1.54, 1.807) is 6.07 Å². The van der Waals surface area contributed by atoms with Crippen molar-refractivity contribution >= 4 is 5.91 Å². The molecule has 112 valence electrons. The molecule has 0 saturated heterocycles. The second kappa shape index (κ2) is 8.21. The molecule has 0 bridgehead atoms. The van der Waals surface area contributed by atoms with Crippen molar-refractivity contribution in [3.63, 3.8) is 0 Å². The normalized spacial score (nSPS) is 10.5. The smallest absolute Gasteiger partial charge is 0.226 e. The maximum Gasteiger partial charge on any atom is 0.226 e. The molecular formula is C16H20N2O3. The molecule has 1 heterocycles. The molecule has 0 aliphatic heterocycles. The molecule has 0 aliphatic rings. The minimum atomic E-state index is -0.0561. The highest BCUT2D eigenvalue weighted by Gasteiger charge is 2.10. The lowest BCUT2D eigenvalue weighted by atomic mass is 10.1. The number of nitrogens with one attached hydrogen (secondary N) is 1. The van der Waals surface area contributed by atoms with E-state index in [0.717, 1.165) is 12.0 Å². The van der Waals surface area contributed by atoms with Crippen LogP contribution in [-0.2, 0) is 16.0 Å². The van der Waals surface area contributed by atoms with Crippen LogP contribution in [0.2, 0.25) is 0 Å². The van der Waals surface area contributed by atoms with Crippen LogP contribution in [0.15, 0.2) is 40.9 Å². The van der Waals surface area contributed by atoms with Gasteiger partial charge in [-0.25, -0.2) is 0 Å². The van der Waals surface area contributed by atoms with Crippen LogP contribution in [0.25, 0.3) is 11.3 Å². The predicted octanol–water partition coefficient (Wildman–Crippen LogP) is 2.43. The van der Waals surface area contributed by atoms with E-state index in [4.69, 9.17) is 9.26 Å². The Bertz CT molecular complexity index is 552. The molecule has 5 nitrogen and oxygen atoms in total. The lowest BCUT2D eigenvalue weighted by Crippen LogP contribution is -2.26. The number of amides is 1. The fourth-order valence-corrected chi connectivity index (χ4v) is 1.91. The molecule has 2 rings (SSSR count). The highest BCUT2D eigenvalue weighted by atomic mass is 16.5. The predicted molar refractivity (Wildman–Crippen MR) is 79.8 cm³/mol. The monoisotopic (exact) mass is 288 g/mol. The van der Waals surface area contributed by atoms with E-state index in [1.165, 1.54) is 0 Å². The zero-order valence-electron chi connectivity index (χ0n) is 12.2. The molecular weight excluding hydrogens is 268 g/mol. The summed E-state index contributed by atoms with van der Waals surface area (Å²) in [6.45, 7) is 3.93. The fourth-order valence-electron chi connectivity index (χ4n) is 1.91. The Balaban J connectivity index is 1.78. The maximum atomic E-state index is 11.8. The minimum Gasteiger partial charge on any atom is -0.382 e. The summed E-state index contributed by atoms with van der Waals surface area (Å²) in [4.78, 5) is 11.8. The lowest BCUT2D eigenvalue weighted by molar-refractivity contribution is -0.120. The number of rotatable bonds is 8. The average Bonchev–Trinajstić information content (AvgIpc) is 2.96. The Morgan fingerprint density at radius 1 is 1.33 bits per heavy atom. The van der Waals surface area contributed by atoms with Gasteiger partial charge >= 0.3 is 0 Å². The molecule has 21 heavy (non-hydrogen) atoms. The van der Waals surface area contributed by atoms with Gasteiger partial charge in [0.15, 0.2) is 5.76 Å². The van der Waals surface area contributed by atoms with Crippen LogP contribution < -0.4 is 5.32 Å². The maximum absolute atomic E-state index is 11.8. The third-order valence-electron chi connectivity index (χ3n) is 2.95. The van der Waals surface area contributed by atoms with Gasteiger partial charge < -0.3 is 14.6 Å². The molecule has 0 radical (unpaired) electrons. The van der Waals surface area contributed by atoms with Gasteiger partial charge in [-0.1, -0.05) is 35.5 Å². The van der Waals surface area contributed by atoms with Crippen LogP contribution in [0, 0.1) is 0 Å². The van der Waals surface area contributed by atoms with Gasteiger partial charge in [-0.3, -0.25) is 4.79 Å². The SMILES string of the molecule is CCOCCCNC(=O)Cc1cc(-c2ccccc2)on1. The standard InChI is InChI=1S/C16H20N2O3/c1-2-20-10-6-9-17-16(19)12-14-11-15(21-18-14)13-7-4-3-5-8-13/h3-5,7-8,11H,2,6,9-10,12H2,1H3,(H,17,19). The number of carbonyl (C=O) groups excluding carboxylic acids is 1. The Hall–Kier alpha value is -2.14. The summed E-state index contributed by atoms with van der Waals surface area (Å²) < 4.78 is 10.5. The van der Waals surface area contributed by atoms with Crippen molar-refractivity contribution in [3.8, 4) is 11.3 Å². The summed E-state index contributed by atoms with van der Waals surface area (Å²) in [7, 11) is 0. The van der Waals surface area contributed by atoms with Crippen molar-refractivity contribution in [2.45, 2.75) is 19.8 Å². The van der Waals surface area contributed by atoms with Gasteiger partial charge in [0.25, 0.3) is 0 Å². The zero-order chi connectivity index (χ0) is 14.9. The van der Waals surface area contributed by atoms with Crippen molar-refractivity contribution in [2.24, 2.45) is 0 Å². The van der Waals surface area contributed by atoms with E-state index in [-0.39, 0.29) is 12.3 Å². The Labute approximate surface area is 124 Å². The van der Waals surface area contributed by atoms with Gasteiger partial charge in [-0.2, -0.15) is 0 Å². The molecule has 1 N–H and O–H groups in total.